The highest BCUT2D eigenvalue weighted by Crippen LogP contribution is 2.21. The van der Waals surface area contributed by atoms with Gasteiger partial charge in [0.25, 0.3) is 0 Å². The fraction of sp³-hybridized carbons (Fsp3) is 0.538. The van der Waals surface area contributed by atoms with Crippen LogP contribution in [0.3, 0.4) is 0 Å². The van der Waals surface area contributed by atoms with Gasteiger partial charge in [0.2, 0.25) is 0 Å². The number of rotatable bonds is 4. The number of ether oxygens (including phenoxy) is 1. The largest absolute Gasteiger partial charge is 0.494 e. The lowest BCUT2D eigenvalue weighted by molar-refractivity contribution is 0.382. The summed E-state index contributed by atoms with van der Waals surface area (Å²) in [4.78, 5) is 0. The molecular weight excluding hydrogens is 237 g/mol. The van der Waals surface area contributed by atoms with Crippen LogP contribution in [-0.2, 0) is 6.54 Å². The summed E-state index contributed by atoms with van der Waals surface area (Å²) in [5, 5.41) is 3.41. The van der Waals surface area contributed by atoms with Crippen molar-refractivity contribution in [1.82, 2.24) is 5.32 Å². The maximum absolute atomic E-state index is 13.9. The molecule has 0 amide bonds. The van der Waals surface area contributed by atoms with E-state index in [2.05, 4.69) is 5.32 Å². The van der Waals surface area contributed by atoms with Gasteiger partial charge in [0, 0.05) is 23.9 Å². The quantitative estimate of drug-likeness (QED) is 0.894. The van der Waals surface area contributed by atoms with Gasteiger partial charge in [-0.25, -0.2) is 4.39 Å². The number of halogens is 1. The van der Waals surface area contributed by atoms with Gasteiger partial charge in [0.15, 0.2) is 11.6 Å². The molecule has 0 aromatic heterocycles. The number of thioether (sulfide) groups is 1. The summed E-state index contributed by atoms with van der Waals surface area (Å²) in [5.41, 5.74) is 0.680. The molecule has 0 radical (unpaired) electrons. The molecule has 2 rings (SSSR count). The third kappa shape index (κ3) is 3.36. The zero-order valence-electron chi connectivity index (χ0n) is 10.0. The normalized spacial score (nSPS) is 20.2. The number of nitrogens with one attached hydrogen (secondary N) is 1. The predicted molar refractivity (Wildman–Crippen MR) is 70.1 cm³/mol. The molecule has 1 fully saturated rings. The highest BCUT2D eigenvalue weighted by atomic mass is 32.2. The highest BCUT2D eigenvalue weighted by Gasteiger charge is 2.14. The first kappa shape index (κ1) is 12.7. The molecule has 0 bridgehead atoms. The van der Waals surface area contributed by atoms with E-state index >= 15 is 0 Å². The second-order valence-electron chi connectivity index (χ2n) is 4.23. The number of methoxy groups -OCH3 is 1. The Morgan fingerprint density at radius 2 is 2.41 bits per heavy atom. The maximum atomic E-state index is 13.9. The van der Waals surface area contributed by atoms with Crippen molar-refractivity contribution in [3.63, 3.8) is 0 Å². The Morgan fingerprint density at radius 1 is 1.53 bits per heavy atom. The molecule has 1 aliphatic rings. The van der Waals surface area contributed by atoms with E-state index in [-0.39, 0.29) is 5.82 Å². The van der Waals surface area contributed by atoms with E-state index in [0.717, 1.165) is 5.75 Å². The van der Waals surface area contributed by atoms with Crippen LogP contribution in [0.4, 0.5) is 4.39 Å². The van der Waals surface area contributed by atoms with Crippen molar-refractivity contribution in [2.24, 2.45) is 0 Å². The van der Waals surface area contributed by atoms with Gasteiger partial charge in [0.1, 0.15) is 0 Å². The summed E-state index contributed by atoms with van der Waals surface area (Å²) in [6, 6.07) is 5.80. The molecule has 1 heterocycles. The van der Waals surface area contributed by atoms with Crippen molar-refractivity contribution >= 4 is 11.8 Å². The van der Waals surface area contributed by atoms with Crippen molar-refractivity contribution in [2.45, 2.75) is 25.4 Å². The molecule has 4 heteroatoms. The van der Waals surface area contributed by atoms with Crippen LogP contribution >= 0.6 is 11.8 Å². The number of hydrogen-bond donors (Lipinski definition) is 1. The van der Waals surface area contributed by atoms with Crippen molar-refractivity contribution in [2.75, 3.05) is 18.6 Å². The zero-order valence-corrected chi connectivity index (χ0v) is 10.9. The molecule has 0 aliphatic carbocycles. The smallest absolute Gasteiger partial charge is 0.169 e. The first-order chi connectivity index (χ1) is 8.31. The van der Waals surface area contributed by atoms with Crippen molar-refractivity contribution < 1.29 is 9.13 Å². The zero-order chi connectivity index (χ0) is 12.1. The first-order valence-corrected chi connectivity index (χ1v) is 7.09. The highest BCUT2D eigenvalue weighted by molar-refractivity contribution is 7.99. The van der Waals surface area contributed by atoms with Gasteiger partial charge >= 0.3 is 0 Å². The van der Waals surface area contributed by atoms with Gasteiger partial charge in [-0.15, -0.1) is 0 Å². The van der Waals surface area contributed by atoms with Crippen LogP contribution in [0.25, 0.3) is 0 Å². The standard InChI is InChI=1S/C13H18FNOS/c1-16-12-6-2-4-10(13(12)14)8-15-11-5-3-7-17-9-11/h2,4,6,11,15H,3,5,7-9H2,1H3. The van der Waals surface area contributed by atoms with Crippen LogP contribution in [0.1, 0.15) is 18.4 Å². The SMILES string of the molecule is COc1cccc(CNC2CCCSC2)c1F. The third-order valence-corrected chi connectivity index (χ3v) is 4.22. The summed E-state index contributed by atoms with van der Waals surface area (Å²) in [6.45, 7) is 0.578. The summed E-state index contributed by atoms with van der Waals surface area (Å²) >= 11 is 1.97. The summed E-state index contributed by atoms with van der Waals surface area (Å²) in [7, 11) is 1.49. The van der Waals surface area contributed by atoms with Crippen LogP contribution in [-0.4, -0.2) is 24.7 Å². The number of benzene rings is 1. The molecule has 1 aromatic carbocycles. The molecule has 1 unspecified atom stereocenters. The second-order valence-corrected chi connectivity index (χ2v) is 5.38. The van der Waals surface area contributed by atoms with E-state index in [1.54, 1.807) is 12.1 Å². The van der Waals surface area contributed by atoms with Crippen LogP contribution < -0.4 is 10.1 Å². The van der Waals surface area contributed by atoms with Crippen molar-refractivity contribution in [3.05, 3.63) is 29.6 Å². The van der Waals surface area contributed by atoms with Gasteiger partial charge in [0.05, 0.1) is 7.11 Å². The molecule has 17 heavy (non-hydrogen) atoms. The molecule has 1 aliphatic heterocycles. The second kappa shape index (κ2) is 6.26. The number of hydrogen-bond acceptors (Lipinski definition) is 3. The Hall–Kier alpha value is -0.740. The Morgan fingerprint density at radius 3 is 3.12 bits per heavy atom. The summed E-state index contributed by atoms with van der Waals surface area (Å²) < 4.78 is 18.8. The molecule has 94 valence electrons. The molecule has 1 N–H and O–H groups in total. The van der Waals surface area contributed by atoms with E-state index in [9.17, 15) is 4.39 Å². The lowest BCUT2D eigenvalue weighted by Gasteiger charge is -2.22. The minimum Gasteiger partial charge on any atom is -0.494 e. The maximum Gasteiger partial charge on any atom is 0.169 e. The molecule has 1 aromatic rings. The molecular formula is C13H18FNOS. The van der Waals surface area contributed by atoms with Crippen molar-refractivity contribution in [1.29, 1.82) is 0 Å². The van der Waals surface area contributed by atoms with E-state index in [1.807, 2.05) is 17.8 Å². The monoisotopic (exact) mass is 255 g/mol. The Labute approximate surface area is 106 Å². The van der Waals surface area contributed by atoms with E-state index in [0.29, 0.717) is 23.9 Å². The minimum absolute atomic E-state index is 0.244. The average Bonchev–Trinajstić information content (AvgIpc) is 2.39. The van der Waals surface area contributed by atoms with E-state index in [1.165, 1.54) is 25.7 Å². The van der Waals surface area contributed by atoms with Crippen LogP contribution in [0.5, 0.6) is 5.75 Å². The molecule has 0 saturated carbocycles. The molecule has 0 spiro atoms. The van der Waals surface area contributed by atoms with Gasteiger partial charge in [-0.05, 0) is 24.7 Å². The predicted octanol–water partition coefficient (Wildman–Crippen LogP) is 2.82. The van der Waals surface area contributed by atoms with Crippen LogP contribution in [0.2, 0.25) is 0 Å². The summed E-state index contributed by atoms with van der Waals surface area (Å²) in [6.07, 6.45) is 2.45. The van der Waals surface area contributed by atoms with E-state index < -0.39 is 0 Å². The fourth-order valence-corrected chi connectivity index (χ4v) is 3.11. The van der Waals surface area contributed by atoms with Crippen LogP contribution in [0, 0.1) is 5.82 Å². The van der Waals surface area contributed by atoms with E-state index in [4.69, 9.17) is 4.74 Å². The van der Waals surface area contributed by atoms with Gasteiger partial charge < -0.3 is 10.1 Å². The molecule has 1 saturated heterocycles. The Balaban J connectivity index is 1.93. The lowest BCUT2D eigenvalue weighted by atomic mass is 10.1. The fourth-order valence-electron chi connectivity index (χ4n) is 2.01. The topological polar surface area (TPSA) is 21.3 Å². The molecule has 2 nitrogen and oxygen atoms in total. The van der Waals surface area contributed by atoms with Crippen LogP contribution in [0.15, 0.2) is 18.2 Å². The summed E-state index contributed by atoms with van der Waals surface area (Å²) in [5.74, 6) is 2.46. The third-order valence-electron chi connectivity index (χ3n) is 3.00. The van der Waals surface area contributed by atoms with Gasteiger partial charge in [-0.2, -0.15) is 11.8 Å². The lowest BCUT2D eigenvalue weighted by Crippen LogP contribution is -2.33. The van der Waals surface area contributed by atoms with Gasteiger partial charge in [-0.3, -0.25) is 0 Å². The van der Waals surface area contributed by atoms with Gasteiger partial charge in [-0.1, -0.05) is 12.1 Å². The first-order valence-electron chi connectivity index (χ1n) is 5.94. The average molecular weight is 255 g/mol. The molecule has 1 atom stereocenters. The Bertz CT molecular complexity index is 366. The Kier molecular flexibility index (Phi) is 4.68. The minimum atomic E-state index is -0.244. The van der Waals surface area contributed by atoms with Crippen molar-refractivity contribution in [3.8, 4) is 5.75 Å².